The van der Waals surface area contributed by atoms with Crippen LogP contribution in [0.5, 0.6) is 0 Å². The van der Waals surface area contributed by atoms with E-state index in [1.807, 2.05) is 26.0 Å². The molecule has 0 spiro atoms. The molecule has 1 aliphatic heterocycles. The van der Waals surface area contributed by atoms with E-state index >= 15 is 0 Å². The fourth-order valence-electron chi connectivity index (χ4n) is 4.94. The van der Waals surface area contributed by atoms with Gasteiger partial charge in [0.05, 0.1) is 35.2 Å². The second-order valence-corrected chi connectivity index (χ2v) is 8.51. The van der Waals surface area contributed by atoms with Crippen molar-refractivity contribution in [2.24, 2.45) is 23.7 Å². The van der Waals surface area contributed by atoms with Gasteiger partial charge in [-0.2, -0.15) is 0 Å². The average Bonchev–Trinajstić information content (AvgIpc) is 3.07. The van der Waals surface area contributed by atoms with Crippen molar-refractivity contribution in [2.75, 3.05) is 19.0 Å². The van der Waals surface area contributed by atoms with Gasteiger partial charge in [0.2, 0.25) is 17.7 Å². The summed E-state index contributed by atoms with van der Waals surface area (Å²) in [7, 11) is 1.56. The molecule has 3 amide bonds. The lowest BCUT2D eigenvalue weighted by atomic mass is 9.69. The van der Waals surface area contributed by atoms with E-state index in [0.717, 1.165) is 0 Å². The summed E-state index contributed by atoms with van der Waals surface area (Å²) in [6.07, 6.45) is 5.05. The number of benzene rings is 1. The topological polar surface area (TPSA) is 98.7 Å². The van der Waals surface area contributed by atoms with Crippen LogP contribution < -0.4 is 10.6 Å². The normalized spacial score (nSPS) is 28.2. The zero-order valence-corrected chi connectivity index (χ0v) is 18.8. The van der Waals surface area contributed by atoms with Gasteiger partial charge >= 0.3 is 0 Å². The van der Waals surface area contributed by atoms with E-state index in [1.54, 1.807) is 31.3 Å². The summed E-state index contributed by atoms with van der Waals surface area (Å²) < 4.78 is 0. The van der Waals surface area contributed by atoms with Crippen LogP contribution in [0.1, 0.15) is 26.7 Å². The summed E-state index contributed by atoms with van der Waals surface area (Å²) in [5.41, 5.74) is 0.455. The third-order valence-corrected chi connectivity index (χ3v) is 6.87. The Balaban J connectivity index is 2.04. The number of hydrogen-bond donors (Lipinski definition) is 3. The van der Waals surface area contributed by atoms with Crippen LogP contribution >= 0.6 is 11.6 Å². The Labute approximate surface area is 187 Å². The van der Waals surface area contributed by atoms with Gasteiger partial charge in [0.1, 0.15) is 6.04 Å². The first-order chi connectivity index (χ1) is 14.9. The van der Waals surface area contributed by atoms with Gasteiger partial charge < -0.3 is 20.6 Å². The van der Waals surface area contributed by atoms with Crippen LogP contribution in [0.3, 0.4) is 0 Å². The number of aliphatic hydroxyl groups is 1. The number of rotatable bonds is 7. The molecule has 2 aliphatic rings. The maximum atomic E-state index is 13.6. The predicted molar refractivity (Wildman–Crippen MR) is 119 cm³/mol. The van der Waals surface area contributed by atoms with Gasteiger partial charge in [0.15, 0.2) is 0 Å². The van der Waals surface area contributed by atoms with Crippen molar-refractivity contribution in [1.82, 2.24) is 10.2 Å². The highest BCUT2D eigenvalue weighted by atomic mass is 35.5. The minimum absolute atomic E-state index is 0.0911. The lowest BCUT2D eigenvalue weighted by Crippen LogP contribution is -2.50. The minimum Gasteiger partial charge on any atom is -0.394 e. The summed E-state index contributed by atoms with van der Waals surface area (Å²) in [5, 5.41) is 15.9. The Morgan fingerprint density at radius 3 is 2.48 bits per heavy atom. The van der Waals surface area contributed by atoms with Crippen molar-refractivity contribution >= 4 is 35.0 Å². The van der Waals surface area contributed by atoms with Crippen LogP contribution in [-0.2, 0) is 14.4 Å². The van der Waals surface area contributed by atoms with Crippen molar-refractivity contribution in [3.63, 3.8) is 0 Å². The number of carbonyl (C=O) groups is 3. The third kappa shape index (κ3) is 4.21. The number of allylic oxidation sites excluding steroid dienone is 1. The van der Waals surface area contributed by atoms with E-state index in [2.05, 4.69) is 10.6 Å². The number of likely N-dealkylation sites (tertiary alicyclic amines) is 1. The number of amides is 3. The monoisotopic (exact) mass is 447 g/mol. The largest absolute Gasteiger partial charge is 0.394 e. The van der Waals surface area contributed by atoms with E-state index in [1.165, 1.54) is 4.90 Å². The van der Waals surface area contributed by atoms with Crippen LogP contribution in [0.15, 0.2) is 36.4 Å². The molecular weight excluding hydrogens is 418 g/mol. The van der Waals surface area contributed by atoms with Crippen molar-refractivity contribution < 1.29 is 19.5 Å². The van der Waals surface area contributed by atoms with E-state index in [4.69, 9.17) is 11.6 Å². The first-order valence-electron chi connectivity index (χ1n) is 10.8. The molecule has 0 bridgehead atoms. The molecule has 0 aromatic heterocycles. The Morgan fingerprint density at radius 1 is 1.19 bits per heavy atom. The summed E-state index contributed by atoms with van der Waals surface area (Å²) in [6, 6.07) is 5.54. The minimum atomic E-state index is -0.841. The zero-order valence-electron chi connectivity index (χ0n) is 18.0. The predicted octanol–water partition coefficient (Wildman–Crippen LogP) is 2.45. The molecule has 1 aromatic rings. The van der Waals surface area contributed by atoms with Gasteiger partial charge in [-0.3, -0.25) is 14.4 Å². The molecule has 3 N–H and O–H groups in total. The maximum absolute atomic E-state index is 13.6. The van der Waals surface area contributed by atoms with Crippen LogP contribution in [0.25, 0.3) is 0 Å². The van der Waals surface area contributed by atoms with Gasteiger partial charge in [0, 0.05) is 13.0 Å². The van der Waals surface area contributed by atoms with Crippen LogP contribution in [0.2, 0.25) is 5.02 Å². The zero-order chi connectivity index (χ0) is 22.7. The lowest BCUT2D eigenvalue weighted by molar-refractivity contribution is -0.142. The number of fused-ring (bicyclic) bond motifs is 1. The fourth-order valence-corrected chi connectivity index (χ4v) is 5.12. The highest BCUT2D eigenvalue weighted by Crippen LogP contribution is 2.46. The smallest absolute Gasteiger partial charge is 0.247 e. The van der Waals surface area contributed by atoms with Crippen LogP contribution in [0, 0.1) is 23.7 Å². The molecule has 7 nitrogen and oxygen atoms in total. The number of nitrogens with zero attached hydrogens (tertiary/aromatic N) is 1. The molecular formula is C23H30ClN3O4. The van der Waals surface area contributed by atoms with Crippen molar-refractivity contribution in [3.8, 4) is 0 Å². The fraction of sp³-hybridized carbons (Fsp3) is 0.522. The van der Waals surface area contributed by atoms with Gasteiger partial charge in [-0.1, -0.05) is 49.7 Å². The molecule has 1 aromatic carbocycles. The van der Waals surface area contributed by atoms with Gasteiger partial charge in [-0.05, 0) is 30.9 Å². The number of carbonyl (C=O) groups excluding carboxylic acids is 3. The van der Waals surface area contributed by atoms with Crippen molar-refractivity contribution in [1.29, 1.82) is 0 Å². The molecule has 1 heterocycles. The standard InChI is InChI=1S/C23H30ClN3O4/c1-4-13-10-11-15-19(18(13)21(29)25-3)23(31)27(14(5-2)12-28)20(15)22(30)26-17-9-7-6-8-16(17)24/h6-11,13-15,18-20,28H,4-5,12H2,1-3H3,(H,25,29)(H,26,30)/t13-,14+,15+,18-,19-,20+/m1/s1. The first-order valence-corrected chi connectivity index (χ1v) is 11.2. The number of para-hydroxylation sites is 1. The van der Waals surface area contributed by atoms with E-state index in [0.29, 0.717) is 23.6 Å². The number of anilines is 1. The average molecular weight is 448 g/mol. The molecule has 6 atom stereocenters. The molecule has 1 fully saturated rings. The molecule has 0 saturated carbocycles. The van der Waals surface area contributed by atoms with Crippen molar-refractivity contribution in [2.45, 2.75) is 38.8 Å². The van der Waals surface area contributed by atoms with Gasteiger partial charge in [0.25, 0.3) is 0 Å². The Bertz CT molecular complexity index is 870. The van der Waals surface area contributed by atoms with Crippen molar-refractivity contribution in [3.05, 3.63) is 41.4 Å². The summed E-state index contributed by atoms with van der Waals surface area (Å²) in [4.78, 5) is 41.3. The molecule has 0 unspecified atom stereocenters. The van der Waals surface area contributed by atoms with E-state index in [-0.39, 0.29) is 30.2 Å². The second kappa shape index (κ2) is 9.83. The molecule has 3 rings (SSSR count). The quantitative estimate of drug-likeness (QED) is 0.559. The number of nitrogens with one attached hydrogen (secondary N) is 2. The Kier molecular flexibility index (Phi) is 7.38. The molecule has 8 heteroatoms. The summed E-state index contributed by atoms with van der Waals surface area (Å²) in [6.45, 7) is 3.58. The van der Waals surface area contributed by atoms with Crippen LogP contribution in [-0.4, -0.2) is 53.5 Å². The molecule has 0 radical (unpaired) electrons. The molecule has 168 valence electrons. The summed E-state index contributed by atoms with van der Waals surface area (Å²) in [5.74, 6) is -2.62. The Hall–Kier alpha value is -2.38. The maximum Gasteiger partial charge on any atom is 0.247 e. The molecule has 1 aliphatic carbocycles. The number of halogens is 1. The number of aliphatic hydroxyl groups excluding tert-OH is 1. The second-order valence-electron chi connectivity index (χ2n) is 8.10. The first kappa shape index (κ1) is 23.3. The van der Waals surface area contributed by atoms with E-state index < -0.39 is 29.8 Å². The van der Waals surface area contributed by atoms with Gasteiger partial charge in [-0.15, -0.1) is 0 Å². The highest BCUT2D eigenvalue weighted by molar-refractivity contribution is 6.33. The van der Waals surface area contributed by atoms with Gasteiger partial charge in [-0.25, -0.2) is 0 Å². The van der Waals surface area contributed by atoms with Crippen LogP contribution in [0.4, 0.5) is 5.69 Å². The molecule has 1 saturated heterocycles. The highest BCUT2D eigenvalue weighted by Gasteiger charge is 2.58. The number of hydrogen-bond acceptors (Lipinski definition) is 4. The summed E-state index contributed by atoms with van der Waals surface area (Å²) >= 11 is 6.21. The third-order valence-electron chi connectivity index (χ3n) is 6.54. The van der Waals surface area contributed by atoms with E-state index in [9.17, 15) is 19.5 Å². The Morgan fingerprint density at radius 2 is 1.90 bits per heavy atom. The lowest BCUT2D eigenvalue weighted by Gasteiger charge is -2.34. The molecule has 31 heavy (non-hydrogen) atoms. The SMILES string of the molecule is CC[C@@H](CO)N1C(=O)[C@@H]2[C@H](C=C[C@@H](CC)[C@H]2C(=O)NC)[C@H]1C(=O)Nc1ccccc1Cl.